The van der Waals surface area contributed by atoms with Crippen molar-refractivity contribution in [1.29, 1.82) is 0 Å². The SMILES string of the molecule is CC(C)c1cc(-c2[c-]cccc2)ncc1[Si](C)(C)C.Fc1ccc(-c2ccc3c(c2)sc2c(-c4nccc5c4CCCC5)[c-]ccc23)cc1.[Ir]. The van der Waals surface area contributed by atoms with Crippen LogP contribution in [0.2, 0.25) is 19.6 Å². The van der Waals surface area contributed by atoms with E-state index in [2.05, 4.69) is 99.3 Å². The van der Waals surface area contributed by atoms with Gasteiger partial charge in [-0.3, -0.25) is 0 Å². The number of rotatable bonds is 5. The van der Waals surface area contributed by atoms with E-state index in [1.165, 1.54) is 67.0 Å². The van der Waals surface area contributed by atoms with Gasteiger partial charge in [-0.05, 0) is 93.7 Å². The predicted octanol–water partition coefficient (Wildman–Crippen LogP) is 11.8. The maximum Gasteiger partial charge on any atom is 0.123 e. The van der Waals surface area contributed by atoms with Crippen LogP contribution >= 0.6 is 11.3 Å². The first-order chi connectivity index (χ1) is 23.7. The summed E-state index contributed by atoms with van der Waals surface area (Å²) < 4.78 is 15.8. The molecule has 1 radical (unpaired) electrons. The van der Waals surface area contributed by atoms with E-state index in [9.17, 15) is 4.39 Å². The van der Waals surface area contributed by atoms with Crippen molar-refractivity contribution in [1.82, 2.24) is 9.97 Å². The summed E-state index contributed by atoms with van der Waals surface area (Å²) in [6.45, 7) is 11.7. The number of benzene rings is 4. The number of thiophene rings is 1. The minimum Gasteiger partial charge on any atom is -0.305 e. The van der Waals surface area contributed by atoms with Crippen molar-refractivity contribution in [2.45, 2.75) is 65.1 Å². The fourth-order valence-electron chi connectivity index (χ4n) is 6.89. The molecule has 0 saturated carbocycles. The van der Waals surface area contributed by atoms with Gasteiger partial charge in [-0.15, -0.1) is 59.7 Å². The van der Waals surface area contributed by atoms with Gasteiger partial charge in [0.05, 0.1) is 8.07 Å². The second kappa shape index (κ2) is 15.2. The van der Waals surface area contributed by atoms with Gasteiger partial charge in [0.25, 0.3) is 0 Å². The van der Waals surface area contributed by atoms with Crippen LogP contribution in [0.15, 0.2) is 103 Å². The summed E-state index contributed by atoms with van der Waals surface area (Å²) in [5, 5.41) is 3.98. The summed E-state index contributed by atoms with van der Waals surface area (Å²) in [5.74, 6) is 0.327. The van der Waals surface area contributed by atoms with Crippen molar-refractivity contribution in [2.75, 3.05) is 0 Å². The molecule has 1 aliphatic rings. The zero-order valence-electron chi connectivity index (χ0n) is 29.2. The molecule has 4 aromatic carbocycles. The molecule has 6 heteroatoms. The first-order valence-electron chi connectivity index (χ1n) is 17.2. The number of aryl methyl sites for hydroxylation is 1. The van der Waals surface area contributed by atoms with Crippen LogP contribution in [0.4, 0.5) is 4.39 Å². The first-order valence-corrected chi connectivity index (χ1v) is 21.6. The zero-order valence-corrected chi connectivity index (χ0v) is 33.4. The molecule has 1 aliphatic carbocycles. The number of halogens is 1. The molecule has 7 aromatic rings. The fraction of sp³-hybridized carbons (Fsp3) is 0.227. The average Bonchev–Trinajstić information content (AvgIpc) is 3.50. The maximum atomic E-state index is 13.3. The minimum atomic E-state index is -1.34. The predicted molar refractivity (Wildman–Crippen MR) is 209 cm³/mol. The molecular formula is C44H41FIrN2SSi-2. The number of aromatic nitrogens is 2. The molecule has 3 heterocycles. The summed E-state index contributed by atoms with van der Waals surface area (Å²) in [6.07, 6.45) is 8.79. The molecule has 0 bridgehead atoms. The van der Waals surface area contributed by atoms with Crippen molar-refractivity contribution in [3.05, 3.63) is 138 Å². The number of nitrogens with zero attached hydrogens (tertiary/aromatic N) is 2. The molecule has 0 N–H and O–H groups in total. The number of hydrogen-bond donors (Lipinski definition) is 0. The van der Waals surface area contributed by atoms with Crippen LogP contribution in [0.3, 0.4) is 0 Å². The van der Waals surface area contributed by atoms with Crippen LogP contribution in [-0.4, -0.2) is 18.0 Å². The van der Waals surface area contributed by atoms with E-state index in [4.69, 9.17) is 4.98 Å². The molecule has 2 nitrogen and oxygen atoms in total. The van der Waals surface area contributed by atoms with Gasteiger partial charge >= 0.3 is 0 Å². The van der Waals surface area contributed by atoms with Crippen LogP contribution in [0, 0.1) is 17.9 Å². The number of hydrogen-bond acceptors (Lipinski definition) is 3. The Hall–Kier alpha value is -3.80. The minimum absolute atomic E-state index is 0. The van der Waals surface area contributed by atoms with E-state index >= 15 is 0 Å². The van der Waals surface area contributed by atoms with E-state index in [0.717, 1.165) is 46.5 Å². The molecule has 0 unspecified atom stereocenters. The third-order valence-electron chi connectivity index (χ3n) is 9.47. The Bertz CT molecular complexity index is 2260. The van der Waals surface area contributed by atoms with Gasteiger partial charge in [-0.25, -0.2) is 4.39 Å². The molecule has 0 fully saturated rings. The number of pyridine rings is 2. The molecule has 50 heavy (non-hydrogen) atoms. The van der Waals surface area contributed by atoms with E-state index in [1.807, 2.05) is 42.6 Å². The van der Waals surface area contributed by atoms with Gasteiger partial charge in [-0.1, -0.05) is 85.9 Å². The standard InChI is InChI=1S/C27H19FNS.C17H22NSi.Ir/c28-20-11-8-17(9-12-20)19-10-13-22-23-6-3-7-24(27(23)30-25(22)16-19)26-21-5-2-1-4-18(21)14-15-29-26;1-13(2)15-11-16(14-9-7-6-8-10-14)18-12-17(15)19(3,4)5;/h3,6,8-16H,1-2,4-5H2;6-9,11-13H,1-5H3;/q2*-1;. The molecule has 255 valence electrons. The van der Waals surface area contributed by atoms with Crippen molar-refractivity contribution < 1.29 is 24.5 Å². The smallest absolute Gasteiger partial charge is 0.123 e. The summed E-state index contributed by atoms with van der Waals surface area (Å²) in [6, 6.07) is 36.6. The normalized spacial score (nSPS) is 12.7. The van der Waals surface area contributed by atoms with E-state index in [-0.39, 0.29) is 25.9 Å². The zero-order chi connectivity index (χ0) is 34.1. The maximum absolute atomic E-state index is 13.3. The second-order valence-electron chi connectivity index (χ2n) is 14.3. The quantitative estimate of drug-likeness (QED) is 0.127. The van der Waals surface area contributed by atoms with Crippen LogP contribution in [0.25, 0.3) is 53.8 Å². The molecule has 0 atom stereocenters. The van der Waals surface area contributed by atoms with Gasteiger partial charge < -0.3 is 9.97 Å². The molecule has 0 saturated heterocycles. The average molecular weight is 869 g/mol. The van der Waals surface area contributed by atoms with Crippen molar-refractivity contribution in [3.8, 4) is 33.6 Å². The third-order valence-corrected chi connectivity index (χ3v) is 12.7. The monoisotopic (exact) mass is 869 g/mol. The first kappa shape index (κ1) is 36.0. The topological polar surface area (TPSA) is 25.8 Å². The van der Waals surface area contributed by atoms with Gasteiger partial charge in [0.1, 0.15) is 5.82 Å². The molecule has 0 amide bonds. The van der Waals surface area contributed by atoms with Crippen LogP contribution in [-0.2, 0) is 32.9 Å². The molecule has 3 aromatic heterocycles. The van der Waals surface area contributed by atoms with E-state index < -0.39 is 8.07 Å². The largest absolute Gasteiger partial charge is 0.305 e. The van der Waals surface area contributed by atoms with Gasteiger partial charge in [0.15, 0.2) is 0 Å². The van der Waals surface area contributed by atoms with Crippen molar-refractivity contribution in [3.63, 3.8) is 0 Å². The Morgan fingerprint density at radius 3 is 2.32 bits per heavy atom. The van der Waals surface area contributed by atoms with Crippen molar-refractivity contribution in [2.24, 2.45) is 0 Å². The summed E-state index contributed by atoms with van der Waals surface area (Å²) in [7, 11) is -1.34. The summed E-state index contributed by atoms with van der Waals surface area (Å²) in [5.41, 5.74) is 10.8. The van der Waals surface area contributed by atoms with Crippen LogP contribution in [0.1, 0.15) is 49.3 Å². The van der Waals surface area contributed by atoms with Crippen molar-refractivity contribution >= 4 is 44.8 Å². The Kier molecular flexibility index (Phi) is 10.9. The molecule has 8 rings (SSSR count). The summed E-state index contributed by atoms with van der Waals surface area (Å²) >= 11 is 1.80. The van der Waals surface area contributed by atoms with Gasteiger partial charge in [0, 0.05) is 37.2 Å². The number of fused-ring (bicyclic) bond motifs is 4. The van der Waals surface area contributed by atoms with Crippen LogP contribution in [0.5, 0.6) is 0 Å². The molecule has 0 aliphatic heterocycles. The second-order valence-corrected chi connectivity index (χ2v) is 20.3. The third kappa shape index (κ3) is 7.45. The Labute approximate surface area is 314 Å². The summed E-state index contributed by atoms with van der Waals surface area (Å²) in [4.78, 5) is 9.46. The Morgan fingerprint density at radius 1 is 0.800 bits per heavy atom. The van der Waals surface area contributed by atoms with Gasteiger partial charge in [-0.2, -0.15) is 11.3 Å². The van der Waals surface area contributed by atoms with Crippen LogP contribution < -0.4 is 5.19 Å². The van der Waals surface area contributed by atoms with E-state index in [0.29, 0.717) is 5.92 Å². The Morgan fingerprint density at radius 2 is 1.58 bits per heavy atom. The van der Waals surface area contributed by atoms with Gasteiger partial charge in [0.2, 0.25) is 0 Å². The fourth-order valence-corrected chi connectivity index (χ4v) is 9.81. The molecular weight excluding hydrogens is 828 g/mol. The Balaban J connectivity index is 0.000000188. The molecule has 0 spiro atoms. The van der Waals surface area contributed by atoms with E-state index in [1.54, 1.807) is 11.3 Å².